The first-order chi connectivity index (χ1) is 10.5. The van der Waals surface area contributed by atoms with E-state index >= 15 is 0 Å². The van der Waals surface area contributed by atoms with Crippen LogP contribution in [0.15, 0.2) is 48.5 Å². The molecule has 6 heteroatoms. The van der Waals surface area contributed by atoms with E-state index in [2.05, 4.69) is 4.74 Å². The number of rotatable bonds is 5. The Morgan fingerprint density at radius 3 is 2.23 bits per heavy atom. The summed E-state index contributed by atoms with van der Waals surface area (Å²) < 4.78 is 27.1. The number of carbonyl (C=O) groups excluding carboxylic acids is 1. The number of esters is 1. The van der Waals surface area contributed by atoms with Crippen molar-refractivity contribution in [2.24, 2.45) is 0 Å². The zero-order valence-electron chi connectivity index (χ0n) is 12.4. The van der Waals surface area contributed by atoms with E-state index in [1.807, 2.05) is 19.1 Å². The lowest BCUT2D eigenvalue weighted by Crippen LogP contribution is -2.24. The molecule has 1 N–H and O–H groups in total. The van der Waals surface area contributed by atoms with E-state index in [9.17, 15) is 13.6 Å². The van der Waals surface area contributed by atoms with Crippen molar-refractivity contribution in [3.05, 3.63) is 65.2 Å². The summed E-state index contributed by atoms with van der Waals surface area (Å²) in [5.74, 6) is -0.410. The Morgan fingerprint density at radius 2 is 1.73 bits per heavy atom. The lowest BCUT2D eigenvalue weighted by molar-refractivity contribution is 0.0600. The molecule has 2 rings (SSSR count). The third-order valence-electron chi connectivity index (χ3n) is 3.21. The summed E-state index contributed by atoms with van der Waals surface area (Å²) >= 11 is -2.14. The summed E-state index contributed by atoms with van der Waals surface area (Å²) in [5.41, 5.74) is 2.99. The molecule has 1 unspecified atom stereocenters. The molecule has 0 fully saturated rings. The number of carbonyl (C=O) groups is 1. The van der Waals surface area contributed by atoms with E-state index in [1.165, 1.54) is 11.4 Å². The van der Waals surface area contributed by atoms with E-state index in [4.69, 9.17) is 0 Å². The fourth-order valence-corrected chi connectivity index (χ4v) is 2.54. The molecule has 0 aliphatic carbocycles. The van der Waals surface area contributed by atoms with Gasteiger partial charge in [-0.1, -0.05) is 29.8 Å². The van der Waals surface area contributed by atoms with Crippen LogP contribution in [0.5, 0.6) is 0 Å². The van der Waals surface area contributed by atoms with Crippen molar-refractivity contribution in [1.82, 2.24) is 0 Å². The van der Waals surface area contributed by atoms with Gasteiger partial charge in [-0.15, -0.1) is 0 Å². The Kier molecular flexibility index (Phi) is 5.30. The number of methoxy groups -OCH3 is 1. The second kappa shape index (κ2) is 7.20. The molecule has 0 heterocycles. The van der Waals surface area contributed by atoms with Crippen LogP contribution in [0.3, 0.4) is 0 Å². The van der Waals surface area contributed by atoms with E-state index in [1.54, 1.807) is 36.4 Å². The minimum atomic E-state index is -2.14. The van der Waals surface area contributed by atoms with Crippen LogP contribution in [-0.4, -0.2) is 21.8 Å². The third-order valence-corrected chi connectivity index (χ3v) is 3.93. The van der Waals surface area contributed by atoms with Crippen LogP contribution in [0.4, 0.5) is 5.69 Å². The minimum absolute atomic E-state index is 0.258. The molecule has 22 heavy (non-hydrogen) atoms. The number of benzene rings is 2. The fourth-order valence-electron chi connectivity index (χ4n) is 1.98. The molecule has 0 saturated carbocycles. The molecule has 116 valence electrons. The van der Waals surface area contributed by atoms with Gasteiger partial charge in [-0.2, -0.15) is 0 Å². The first-order valence-electron chi connectivity index (χ1n) is 6.63. The van der Waals surface area contributed by atoms with Crippen molar-refractivity contribution in [2.75, 3.05) is 11.4 Å². The first-order valence-corrected chi connectivity index (χ1v) is 7.70. The van der Waals surface area contributed by atoms with Gasteiger partial charge in [-0.3, -0.25) is 8.86 Å². The van der Waals surface area contributed by atoms with E-state index in [0.717, 1.165) is 11.1 Å². The highest BCUT2D eigenvalue weighted by Crippen LogP contribution is 2.19. The molecule has 0 aromatic heterocycles. The SMILES string of the molecule is COC(=O)c1ccc(CN(c2ccc(C)cc2)S(=O)O)cc1. The van der Waals surface area contributed by atoms with E-state index < -0.39 is 17.2 Å². The number of hydrogen-bond donors (Lipinski definition) is 1. The highest BCUT2D eigenvalue weighted by atomic mass is 32.2. The maximum Gasteiger partial charge on any atom is 0.337 e. The fraction of sp³-hybridized carbons (Fsp3) is 0.188. The normalized spacial score (nSPS) is 11.8. The molecule has 2 aromatic carbocycles. The molecule has 5 nitrogen and oxygen atoms in total. The predicted molar refractivity (Wildman–Crippen MR) is 85.9 cm³/mol. The molecular weight excluding hydrogens is 302 g/mol. The highest BCUT2D eigenvalue weighted by Gasteiger charge is 2.13. The predicted octanol–water partition coefficient (Wildman–Crippen LogP) is 2.92. The van der Waals surface area contributed by atoms with Gasteiger partial charge in [-0.05, 0) is 36.8 Å². The van der Waals surface area contributed by atoms with Gasteiger partial charge in [0.25, 0.3) is 11.3 Å². The van der Waals surface area contributed by atoms with Crippen LogP contribution < -0.4 is 4.31 Å². The Morgan fingerprint density at radius 1 is 1.14 bits per heavy atom. The van der Waals surface area contributed by atoms with Crippen molar-refractivity contribution in [2.45, 2.75) is 13.5 Å². The van der Waals surface area contributed by atoms with Gasteiger partial charge in [-0.25, -0.2) is 9.00 Å². The summed E-state index contributed by atoms with van der Waals surface area (Å²) in [4.78, 5) is 11.4. The molecule has 0 aliphatic heterocycles. The molecule has 0 amide bonds. The molecule has 0 radical (unpaired) electrons. The van der Waals surface area contributed by atoms with Crippen LogP contribution in [0, 0.1) is 6.92 Å². The standard InChI is InChI=1S/C16H17NO4S/c1-12-3-9-15(10-4-12)17(22(19)20)11-13-5-7-14(8-6-13)16(18)21-2/h3-10H,11H2,1-2H3,(H,19,20). The van der Waals surface area contributed by atoms with Crippen LogP contribution >= 0.6 is 0 Å². The van der Waals surface area contributed by atoms with E-state index in [0.29, 0.717) is 11.3 Å². The summed E-state index contributed by atoms with van der Waals surface area (Å²) in [6, 6.07) is 14.1. The van der Waals surface area contributed by atoms with Gasteiger partial charge in [0.15, 0.2) is 0 Å². The third kappa shape index (κ3) is 3.93. The van der Waals surface area contributed by atoms with Gasteiger partial charge >= 0.3 is 5.97 Å². The number of hydrogen-bond acceptors (Lipinski definition) is 3. The molecule has 0 bridgehead atoms. The zero-order valence-corrected chi connectivity index (χ0v) is 13.2. The minimum Gasteiger partial charge on any atom is -0.465 e. The van der Waals surface area contributed by atoms with Crippen molar-refractivity contribution in [3.8, 4) is 0 Å². The Bertz CT molecular complexity index is 668. The smallest absolute Gasteiger partial charge is 0.337 e. The monoisotopic (exact) mass is 319 g/mol. The highest BCUT2D eigenvalue weighted by molar-refractivity contribution is 7.80. The average molecular weight is 319 g/mol. The molecular formula is C16H17NO4S. The second-order valence-electron chi connectivity index (χ2n) is 4.79. The molecule has 0 saturated heterocycles. The lowest BCUT2D eigenvalue weighted by Gasteiger charge is -2.20. The first kappa shape index (κ1) is 16.2. The number of aryl methyl sites for hydroxylation is 1. The van der Waals surface area contributed by atoms with Crippen molar-refractivity contribution in [1.29, 1.82) is 0 Å². The van der Waals surface area contributed by atoms with Gasteiger partial charge in [0, 0.05) is 0 Å². The van der Waals surface area contributed by atoms with Gasteiger partial charge in [0.05, 0.1) is 24.9 Å². The summed E-state index contributed by atoms with van der Waals surface area (Å²) in [6.07, 6.45) is 0. The quantitative estimate of drug-likeness (QED) is 0.680. The lowest BCUT2D eigenvalue weighted by atomic mass is 10.1. The van der Waals surface area contributed by atoms with Gasteiger partial charge < -0.3 is 4.74 Å². The Balaban J connectivity index is 2.19. The Hall–Kier alpha value is -2.18. The Labute approximate surface area is 131 Å². The van der Waals surface area contributed by atoms with Crippen LogP contribution in [0.25, 0.3) is 0 Å². The van der Waals surface area contributed by atoms with Crippen molar-refractivity contribution in [3.63, 3.8) is 0 Å². The average Bonchev–Trinajstić information content (AvgIpc) is 2.53. The summed E-state index contributed by atoms with van der Waals surface area (Å²) in [5, 5.41) is 0. The second-order valence-corrected chi connectivity index (χ2v) is 5.69. The van der Waals surface area contributed by atoms with Crippen molar-refractivity contribution >= 4 is 22.9 Å². The van der Waals surface area contributed by atoms with E-state index in [-0.39, 0.29) is 6.54 Å². The maximum absolute atomic E-state index is 11.6. The zero-order chi connectivity index (χ0) is 16.1. The largest absolute Gasteiger partial charge is 0.465 e. The molecule has 1 atom stereocenters. The van der Waals surface area contributed by atoms with Gasteiger partial charge in [0.1, 0.15) is 0 Å². The summed E-state index contributed by atoms with van der Waals surface area (Å²) in [6.45, 7) is 2.21. The molecule has 2 aromatic rings. The summed E-state index contributed by atoms with van der Waals surface area (Å²) in [7, 11) is 1.32. The number of nitrogens with zero attached hydrogens (tertiary/aromatic N) is 1. The van der Waals surface area contributed by atoms with Crippen LogP contribution in [0.2, 0.25) is 0 Å². The molecule has 0 aliphatic rings. The van der Waals surface area contributed by atoms with Crippen LogP contribution in [0.1, 0.15) is 21.5 Å². The topological polar surface area (TPSA) is 66.8 Å². The maximum atomic E-state index is 11.6. The van der Waals surface area contributed by atoms with Crippen molar-refractivity contribution < 1.29 is 18.3 Å². The van der Waals surface area contributed by atoms with Crippen LogP contribution in [-0.2, 0) is 22.5 Å². The van der Waals surface area contributed by atoms with Gasteiger partial charge in [0.2, 0.25) is 0 Å². The number of anilines is 1. The molecule has 0 spiro atoms. The number of ether oxygens (including phenoxy) is 1.